The highest BCUT2D eigenvalue weighted by Gasteiger charge is 2.14. The highest BCUT2D eigenvalue weighted by molar-refractivity contribution is 6.31. The van der Waals surface area contributed by atoms with Crippen LogP contribution < -0.4 is 5.73 Å². The van der Waals surface area contributed by atoms with Gasteiger partial charge in [-0.15, -0.1) is 0 Å². The topological polar surface area (TPSA) is 43.8 Å². The molecule has 0 saturated carbocycles. The molecule has 5 heteroatoms. The molecular weight excluding hydrogens is 241 g/mol. The molecule has 0 atom stereocenters. The van der Waals surface area contributed by atoms with Gasteiger partial charge in [0.2, 0.25) is 0 Å². The van der Waals surface area contributed by atoms with Crippen LogP contribution in [0.3, 0.4) is 0 Å². The Morgan fingerprint density at radius 1 is 1.47 bits per heavy atom. The largest absolute Gasteiger partial charge is 0.325 e. The monoisotopic (exact) mass is 253 g/mol. The highest BCUT2D eigenvalue weighted by Crippen LogP contribution is 2.29. The standard InChI is InChI=1S/C12H13ClFN3/c1-7-12(11(6-15)16-17(7)2)8-3-4-10(14)9(13)5-8/h3-5H,6,15H2,1-2H3. The van der Waals surface area contributed by atoms with Crippen LogP contribution in [0, 0.1) is 12.7 Å². The number of benzene rings is 1. The second-order valence-electron chi connectivity index (χ2n) is 3.86. The summed E-state index contributed by atoms with van der Waals surface area (Å²) in [5, 5.41) is 4.42. The Morgan fingerprint density at radius 2 is 2.18 bits per heavy atom. The third kappa shape index (κ3) is 2.06. The average Bonchev–Trinajstić information content (AvgIpc) is 2.59. The normalized spacial score (nSPS) is 10.9. The number of hydrogen-bond acceptors (Lipinski definition) is 2. The predicted molar refractivity (Wildman–Crippen MR) is 66.2 cm³/mol. The van der Waals surface area contributed by atoms with Crippen LogP contribution in [-0.4, -0.2) is 9.78 Å². The number of hydrogen-bond donors (Lipinski definition) is 1. The molecule has 2 N–H and O–H groups in total. The van der Waals surface area contributed by atoms with E-state index >= 15 is 0 Å². The molecule has 0 radical (unpaired) electrons. The summed E-state index contributed by atoms with van der Waals surface area (Å²) < 4.78 is 14.9. The minimum Gasteiger partial charge on any atom is -0.325 e. The third-order valence-electron chi connectivity index (χ3n) is 2.81. The molecule has 0 fully saturated rings. The van der Waals surface area contributed by atoms with Crippen molar-refractivity contribution in [3.8, 4) is 11.1 Å². The van der Waals surface area contributed by atoms with E-state index in [2.05, 4.69) is 5.10 Å². The van der Waals surface area contributed by atoms with Crippen molar-refractivity contribution in [3.63, 3.8) is 0 Å². The number of aromatic nitrogens is 2. The maximum Gasteiger partial charge on any atom is 0.141 e. The lowest BCUT2D eigenvalue weighted by Gasteiger charge is -2.04. The Hall–Kier alpha value is -1.39. The van der Waals surface area contributed by atoms with E-state index in [1.165, 1.54) is 6.07 Å². The second kappa shape index (κ2) is 4.47. The molecule has 1 aromatic carbocycles. The van der Waals surface area contributed by atoms with E-state index in [1.807, 2.05) is 14.0 Å². The van der Waals surface area contributed by atoms with Gasteiger partial charge in [0.25, 0.3) is 0 Å². The molecule has 0 unspecified atom stereocenters. The zero-order chi connectivity index (χ0) is 12.6. The summed E-state index contributed by atoms with van der Waals surface area (Å²) >= 11 is 5.78. The fourth-order valence-electron chi connectivity index (χ4n) is 1.85. The molecule has 0 aliphatic rings. The van der Waals surface area contributed by atoms with Crippen LogP contribution in [0.25, 0.3) is 11.1 Å². The van der Waals surface area contributed by atoms with Crippen LogP contribution in [0.1, 0.15) is 11.4 Å². The van der Waals surface area contributed by atoms with Crippen molar-refractivity contribution in [2.45, 2.75) is 13.5 Å². The van der Waals surface area contributed by atoms with Gasteiger partial charge in [0.15, 0.2) is 0 Å². The quantitative estimate of drug-likeness (QED) is 0.894. The first kappa shape index (κ1) is 12.1. The summed E-state index contributed by atoms with van der Waals surface area (Å²) in [7, 11) is 1.85. The molecular formula is C12H13ClFN3. The average molecular weight is 254 g/mol. The number of rotatable bonds is 2. The molecule has 90 valence electrons. The highest BCUT2D eigenvalue weighted by atomic mass is 35.5. The smallest absolute Gasteiger partial charge is 0.141 e. The molecule has 17 heavy (non-hydrogen) atoms. The summed E-state index contributed by atoms with van der Waals surface area (Å²) in [4.78, 5) is 0. The zero-order valence-electron chi connectivity index (χ0n) is 9.67. The molecule has 0 aliphatic carbocycles. The van der Waals surface area contributed by atoms with E-state index in [0.29, 0.717) is 6.54 Å². The SMILES string of the molecule is Cc1c(-c2ccc(F)c(Cl)c2)c(CN)nn1C. The van der Waals surface area contributed by atoms with Crippen LogP contribution in [-0.2, 0) is 13.6 Å². The maximum atomic E-state index is 13.1. The first-order chi connectivity index (χ1) is 8.04. The van der Waals surface area contributed by atoms with Crippen molar-refractivity contribution in [2.75, 3.05) is 0 Å². The van der Waals surface area contributed by atoms with Gasteiger partial charge < -0.3 is 5.73 Å². The molecule has 0 bridgehead atoms. The Labute approximate surface area is 104 Å². The van der Waals surface area contributed by atoms with Crippen molar-refractivity contribution >= 4 is 11.6 Å². The minimum absolute atomic E-state index is 0.105. The van der Waals surface area contributed by atoms with E-state index in [0.717, 1.165) is 22.5 Å². The molecule has 1 aromatic heterocycles. The van der Waals surface area contributed by atoms with E-state index < -0.39 is 5.82 Å². The lowest BCUT2D eigenvalue weighted by Crippen LogP contribution is -1.99. The number of halogens is 2. The van der Waals surface area contributed by atoms with Crippen LogP contribution >= 0.6 is 11.6 Å². The van der Waals surface area contributed by atoms with Crippen molar-refractivity contribution in [2.24, 2.45) is 12.8 Å². The molecule has 0 amide bonds. The molecule has 0 spiro atoms. The molecule has 2 aromatic rings. The van der Waals surface area contributed by atoms with Crippen LogP contribution in [0.4, 0.5) is 4.39 Å². The van der Waals surface area contributed by atoms with E-state index in [4.69, 9.17) is 17.3 Å². The van der Waals surface area contributed by atoms with Crippen LogP contribution in [0.5, 0.6) is 0 Å². The lowest BCUT2D eigenvalue weighted by molar-refractivity contribution is 0.628. The number of nitrogens with zero attached hydrogens (tertiary/aromatic N) is 2. The predicted octanol–water partition coefficient (Wildman–Crippen LogP) is 2.65. The molecule has 1 heterocycles. The van der Waals surface area contributed by atoms with Crippen molar-refractivity contribution < 1.29 is 4.39 Å². The number of nitrogens with two attached hydrogens (primary N) is 1. The van der Waals surface area contributed by atoms with Crippen molar-refractivity contribution in [1.29, 1.82) is 0 Å². The Morgan fingerprint density at radius 3 is 2.76 bits per heavy atom. The van der Waals surface area contributed by atoms with Gasteiger partial charge in [-0.25, -0.2) is 4.39 Å². The summed E-state index contributed by atoms with van der Waals surface area (Å²) in [5.41, 5.74) is 9.18. The second-order valence-corrected chi connectivity index (χ2v) is 4.27. The lowest BCUT2D eigenvalue weighted by atomic mass is 10.0. The van der Waals surface area contributed by atoms with Gasteiger partial charge in [0, 0.05) is 24.8 Å². The molecule has 0 aliphatic heterocycles. The Bertz CT molecular complexity index is 563. The number of aryl methyl sites for hydroxylation is 1. The van der Waals surface area contributed by atoms with Crippen LogP contribution in [0.2, 0.25) is 5.02 Å². The van der Waals surface area contributed by atoms with Gasteiger partial charge in [-0.3, -0.25) is 4.68 Å². The minimum atomic E-state index is -0.425. The molecule has 0 saturated heterocycles. The van der Waals surface area contributed by atoms with Gasteiger partial charge in [-0.1, -0.05) is 17.7 Å². The summed E-state index contributed by atoms with van der Waals surface area (Å²) in [6.07, 6.45) is 0. The van der Waals surface area contributed by atoms with Gasteiger partial charge in [-0.05, 0) is 24.6 Å². The van der Waals surface area contributed by atoms with Crippen LogP contribution in [0.15, 0.2) is 18.2 Å². The fraction of sp³-hybridized carbons (Fsp3) is 0.250. The zero-order valence-corrected chi connectivity index (χ0v) is 10.4. The summed E-state index contributed by atoms with van der Waals surface area (Å²) in [6.45, 7) is 2.28. The first-order valence-electron chi connectivity index (χ1n) is 5.22. The maximum absolute atomic E-state index is 13.1. The van der Waals surface area contributed by atoms with Gasteiger partial charge in [-0.2, -0.15) is 5.10 Å². The Kier molecular flexibility index (Phi) is 3.17. The van der Waals surface area contributed by atoms with E-state index in [1.54, 1.807) is 16.8 Å². The third-order valence-corrected chi connectivity index (χ3v) is 3.10. The first-order valence-corrected chi connectivity index (χ1v) is 5.60. The van der Waals surface area contributed by atoms with Gasteiger partial charge in [0.05, 0.1) is 10.7 Å². The van der Waals surface area contributed by atoms with Gasteiger partial charge >= 0.3 is 0 Å². The summed E-state index contributed by atoms with van der Waals surface area (Å²) in [6, 6.07) is 4.63. The van der Waals surface area contributed by atoms with Gasteiger partial charge in [0.1, 0.15) is 5.82 Å². The summed E-state index contributed by atoms with van der Waals surface area (Å²) in [5.74, 6) is -0.425. The molecule has 2 rings (SSSR count). The van der Waals surface area contributed by atoms with E-state index in [-0.39, 0.29) is 5.02 Å². The molecule has 3 nitrogen and oxygen atoms in total. The Balaban J connectivity index is 2.63. The van der Waals surface area contributed by atoms with Crippen molar-refractivity contribution in [1.82, 2.24) is 9.78 Å². The van der Waals surface area contributed by atoms with Crippen molar-refractivity contribution in [3.05, 3.63) is 40.4 Å². The fourth-order valence-corrected chi connectivity index (χ4v) is 2.03. The van der Waals surface area contributed by atoms with E-state index in [9.17, 15) is 4.39 Å².